The van der Waals surface area contributed by atoms with Crippen LogP contribution in [-0.2, 0) is 0 Å². The van der Waals surface area contributed by atoms with Crippen LogP contribution in [0, 0.1) is 5.82 Å². The number of benzene rings is 1. The molecule has 4 nitrogen and oxygen atoms in total. The minimum Gasteiger partial charge on any atom is -0.419 e. The van der Waals surface area contributed by atoms with Crippen LogP contribution in [0.5, 0.6) is 0 Å². The van der Waals surface area contributed by atoms with Gasteiger partial charge in [-0.25, -0.2) is 4.39 Å². The molecule has 0 bridgehead atoms. The van der Waals surface area contributed by atoms with Crippen LogP contribution in [0.2, 0.25) is 0 Å². The molecule has 0 aliphatic carbocycles. The number of nitrogens with zero attached hydrogens (tertiary/aromatic N) is 2. The predicted octanol–water partition coefficient (Wildman–Crippen LogP) is 2.69. The van der Waals surface area contributed by atoms with Gasteiger partial charge in [0.15, 0.2) is 0 Å². The van der Waals surface area contributed by atoms with Gasteiger partial charge in [0.05, 0.1) is 11.6 Å². The van der Waals surface area contributed by atoms with Crippen molar-refractivity contribution in [3.8, 4) is 11.5 Å². The van der Waals surface area contributed by atoms with Gasteiger partial charge in [-0.3, -0.25) is 0 Å². The standard InChI is InChI=1S/C13H14FN3O/c14-10-6-2-1-5-9(10)12-16-17-13(18-12)11-7-3-4-8-15-11/h1-2,5-6,11,15H,3-4,7-8H2. The van der Waals surface area contributed by atoms with Crippen molar-refractivity contribution in [3.05, 3.63) is 36.0 Å². The first kappa shape index (κ1) is 11.3. The predicted molar refractivity (Wildman–Crippen MR) is 64.3 cm³/mol. The highest BCUT2D eigenvalue weighted by Crippen LogP contribution is 2.26. The lowest BCUT2D eigenvalue weighted by Crippen LogP contribution is -2.26. The van der Waals surface area contributed by atoms with E-state index in [-0.39, 0.29) is 17.7 Å². The third-order valence-electron chi connectivity index (χ3n) is 3.15. The monoisotopic (exact) mass is 247 g/mol. The van der Waals surface area contributed by atoms with Gasteiger partial charge in [0.25, 0.3) is 5.89 Å². The fourth-order valence-electron chi connectivity index (χ4n) is 2.18. The van der Waals surface area contributed by atoms with Crippen LogP contribution in [0.4, 0.5) is 4.39 Å². The fraction of sp³-hybridized carbons (Fsp3) is 0.385. The zero-order valence-corrected chi connectivity index (χ0v) is 9.90. The Hall–Kier alpha value is -1.75. The van der Waals surface area contributed by atoms with Crippen LogP contribution in [0.25, 0.3) is 11.5 Å². The van der Waals surface area contributed by atoms with Crippen molar-refractivity contribution in [2.45, 2.75) is 25.3 Å². The smallest absolute Gasteiger partial charge is 0.250 e. The van der Waals surface area contributed by atoms with Gasteiger partial charge in [-0.2, -0.15) is 0 Å². The lowest BCUT2D eigenvalue weighted by molar-refractivity contribution is 0.341. The first-order valence-electron chi connectivity index (χ1n) is 6.16. The minimum absolute atomic E-state index is 0.103. The molecule has 94 valence electrons. The van der Waals surface area contributed by atoms with Crippen LogP contribution < -0.4 is 5.32 Å². The quantitative estimate of drug-likeness (QED) is 0.886. The molecule has 18 heavy (non-hydrogen) atoms. The Bertz CT molecular complexity index is 535. The summed E-state index contributed by atoms with van der Waals surface area (Å²) < 4.78 is 19.1. The molecule has 2 aromatic rings. The van der Waals surface area contributed by atoms with Crippen molar-refractivity contribution in [2.24, 2.45) is 0 Å². The molecule has 2 heterocycles. The Morgan fingerprint density at radius 2 is 2.11 bits per heavy atom. The van der Waals surface area contributed by atoms with E-state index >= 15 is 0 Å². The zero-order chi connectivity index (χ0) is 12.4. The molecule has 3 rings (SSSR count). The van der Waals surface area contributed by atoms with Gasteiger partial charge in [0, 0.05) is 0 Å². The Balaban J connectivity index is 1.87. The van der Waals surface area contributed by atoms with Gasteiger partial charge in [-0.15, -0.1) is 10.2 Å². The Kier molecular flexibility index (Phi) is 3.06. The number of aromatic nitrogens is 2. The molecular formula is C13H14FN3O. The first-order valence-corrected chi connectivity index (χ1v) is 6.16. The molecule has 0 amide bonds. The Morgan fingerprint density at radius 3 is 2.89 bits per heavy atom. The van der Waals surface area contributed by atoms with E-state index in [0.29, 0.717) is 11.5 Å². The highest BCUT2D eigenvalue weighted by Gasteiger charge is 2.21. The molecule has 1 N–H and O–H groups in total. The molecule has 1 fully saturated rings. The van der Waals surface area contributed by atoms with E-state index in [0.717, 1.165) is 19.4 Å². The van der Waals surface area contributed by atoms with E-state index in [1.807, 2.05) is 0 Å². The third-order valence-corrected chi connectivity index (χ3v) is 3.15. The second-order valence-electron chi connectivity index (χ2n) is 4.43. The van der Waals surface area contributed by atoms with Crippen LogP contribution in [0.15, 0.2) is 28.7 Å². The molecular weight excluding hydrogens is 233 g/mol. The average molecular weight is 247 g/mol. The number of piperidine rings is 1. The zero-order valence-electron chi connectivity index (χ0n) is 9.90. The molecule has 1 saturated heterocycles. The number of rotatable bonds is 2. The van der Waals surface area contributed by atoms with Crippen molar-refractivity contribution in [1.82, 2.24) is 15.5 Å². The van der Waals surface area contributed by atoms with Crippen molar-refractivity contribution in [2.75, 3.05) is 6.54 Å². The highest BCUT2D eigenvalue weighted by molar-refractivity contribution is 5.53. The SMILES string of the molecule is Fc1ccccc1-c1nnc(C2CCCCN2)o1. The number of hydrogen-bond donors (Lipinski definition) is 1. The number of halogens is 1. The summed E-state index contributed by atoms with van der Waals surface area (Å²) in [7, 11) is 0. The lowest BCUT2D eigenvalue weighted by Gasteiger charge is -2.19. The van der Waals surface area contributed by atoms with E-state index in [2.05, 4.69) is 15.5 Å². The van der Waals surface area contributed by atoms with Gasteiger partial charge >= 0.3 is 0 Å². The van der Waals surface area contributed by atoms with E-state index in [1.54, 1.807) is 18.2 Å². The Labute approximate surface area is 104 Å². The number of nitrogens with one attached hydrogen (secondary N) is 1. The lowest BCUT2D eigenvalue weighted by atomic mass is 10.1. The van der Waals surface area contributed by atoms with Crippen molar-refractivity contribution in [1.29, 1.82) is 0 Å². The van der Waals surface area contributed by atoms with Crippen molar-refractivity contribution >= 4 is 0 Å². The molecule has 0 saturated carbocycles. The average Bonchev–Trinajstić information content (AvgIpc) is 2.90. The molecule has 0 radical (unpaired) electrons. The molecule has 1 atom stereocenters. The van der Waals surface area contributed by atoms with Crippen LogP contribution >= 0.6 is 0 Å². The fourth-order valence-corrected chi connectivity index (χ4v) is 2.18. The van der Waals surface area contributed by atoms with E-state index in [4.69, 9.17) is 4.42 Å². The van der Waals surface area contributed by atoms with E-state index in [1.165, 1.54) is 12.5 Å². The van der Waals surface area contributed by atoms with Gasteiger partial charge in [-0.1, -0.05) is 18.6 Å². The molecule has 1 aliphatic heterocycles. The first-order chi connectivity index (χ1) is 8.84. The minimum atomic E-state index is -0.343. The summed E-state index contributed by atoms with van der Waals surface area (Å²) in [4.78, 5) is 0. The summed E-state index contributed by atoms with van der Waals surface area (Å²) in [6.07, 6.45) is 3.30. The summed E-state index contributed by atoms with van der Waals surface area (Å²) in [5.41, 5.74) is 0.354. The van der Waals surface area contributed by atoms with Crippen LogP contribution in [0.3, 0.4) is 0 Å². The summed E-state index contributed by atoms with van der Waals surface area (Å²) in [6, 6.07) is 6.52. The Morgan fingerprint density at radius 1 is 1.22 bits per heavy atom. The maximum Gasteiger partial charge on any atom is 0.250 e. The van der Waals surface area contributed by atoms with Gasteiger partial charge in [0.1, 0.15) is 5.82 Å². The third kappa shape index (κ3) is 2.13. The van der Waals surface area contributed by atoms with Crippen molar-refractivity contribution in [3.63, 3.8) is 0 Å². The van der Waals surface area contributed by atoms with Crippen LogP contribution in [-0.4, -0.2) is 16.7 Å². The largest absolute Gasteiger partial charge is 0.419 e. The molecule has 5 heteroatoms. The second kappa shape index (κ2) is 4.86. The summed E-state index contributed by atoms with van der Waals surface area (Å²) in [5, 5.41) is 11.3. The maximum atomic E-state index is 13.6. The van der Waals surface area contributed by atoms with Gasteiger partial charge < -0.3 is 9.73 Å². The molecule has 1 aromatic carbocycles. The van der Waals surface area contributed by atoms with Gasteiger partial charge in [0.2, 0.25) is 5.89 Å². The van der Waals surface area contributed by atoms with E-state index in [9.17, 15) is 4.39 Å². The number of hydrogen-bond acceptors (Lipinski definition) is 4. The van der Waals surface area contributed by atoms with Crippen molar-refractivity contribution < 1.29 is 8.81 Å². The molecule has 1 aliphatic rings. The molecule has 1 aromatic heterocycles. The highest BCUT2D eigenvalue weighted by atomic mass is 19.1. The normalized spacial score (nSPS) is 19.9. The topological polar surface area (TPSA) is 51.0 Å². The summed E-state index contributed by atoms with van der Waals surface area (Å²) in [5.74, 6) is 0.452. The molecule has 0 spiro atoms. The summed E-state index contributed by atoms with van der Waals surface area (Å²) >= 11 is 0. The van der Waals surface area contributed by atoms with Gasteiger partial charge in [-0.05, 0) is 31.5 Å². The van der Waals surface area contributed by atoms with Crippen LogP contribution in [0.1, 0.15) is 31.2 Å². The van der Waals surface area contributed by atoms with E-state index < -0.39 is 0 Å². The second-order valence-corrected chi connectivity index (χ2v) is 4.43. The molecule has 1 unspecified atom stereocenters. The summed E-state index contributed by atoms with van der Waals surface area (Å²) in [6.45, 7) is 0.960. The maximum absolute atomic E-state index is 13.6.